The lowest BCUT2D eigenvalue weighted by Crippen LogP contribution is -2.40. The SMILES string of the molecule is NC(=O)C1CCCN1c1nc(-c2ccncc2)nc2[nH]c(-c3ccccc3)cc12. The second kappa shape index (κ2) is 7.01. The van der Waals surface area contributed by atoms with Crippen molar-refractivity contribution in [3.05, 3.63) is 60.9 Å². The second-order valence-electron chi connectivity index (χ2n) is 7.17. The molecule has 1 unspecified atom stereocenters. The average molecular weight is 384 g/mol. The summed E-state index contributed by atoms with van der Waals surface area (Å²) in [5, 5.41) is 0.884. The molecule has 3 aromatic heterocycles. The van der Waals surface area contributed by atoms with Crippen molar-refractivity contribution in [1.29, 1.82) is 0 Å². The van der Waals surface area contributed by atoms with Crippen LogP contribution in [0, 0.1) is 0 Å². The molecule has 4 aromatic rings. The number of hydrogen-bond donors (Lipinski definition) is 2. The van der Waals surface area contributed by atoms with Gasteiger partial charge in [-0.25, -0.2) is 9.97 Å². The van der Waals surface area contributed by atoms with Crippen molar-refractivity contribution in [3.8, 4) is 22.6 Å². The lowest BCUT2D eigenvalue weighted by Gasteiger charge is -2.24. The summed E-state index contributed by atoms with van der Waals surface area (Å²) in [6.45, 7) is 0.737. The summed E-state index contributed by atoms with van der Waals surface area (Å²) in [5.41, 5.74) is 9.30. The molecule has 0 bridgehead atoms. The molecule has 1 aliphatic rings. The van der Waals surface area contributed by atoms with E-state index in [0.717, 1.165) is 53.1 Å². The minimum Gasteiger partial charge on any atom is -0.368 e. The molecule has 0 aliphatic carbocycles. The fourth-order valence-corrected chi connectivity index (χ4v) is 3.93. The predicted molar refractivity (Wildman–Crippen MR) is 112 cm³/mol. The zero-order valence-electron chi connectivity index (χ0n) is 15.7. The predicted octanol–water partition coefficient (Wildman–Crippen LogP) is 3.14. The number of anilines is 1. The molecular formula is C22H20N6O. The molecule has 0 saturated carbocycles. The topological polar surface area (TPSA) is 101 Å². The Morgan fingerprint density at radius 2 is 1.86 bits per heavy atom. The number of fused-ring (bicyclic) bond motifs is 1. The van der Waals surface area contributed by atoms with Crippen LogP contribution in [0.15, 0.2) is 60.9 Å². The molecule has 1 fully saturated rings. The van der Waals surface area contributed by atoms with Crippen molar-refractivity contribution < 1.29 is 4.79 Å². The Hall–Kier alpha value is -3.74. The summed E-state index contributed by atoms with van der Waals surface area (Å²) in [6, 6.07) is 15.5. The maximum absolute atomic E-state index is 12.0. The molecular weight excluding hydrogens is 364 g/mol. The molecule has 144 valence electrons. The third-order valence-electron chi connectivity index (χ3n) is 5.34. The van der Waals surface area contributed by atoms with Crippen molar-refractivity contribution in [2.24, 2.45) is 5.73 Å². The smallest absolute Gasteiger partial charge is 0.240 e. The highest BCUT2D eigenvalue weighted by Crippen LogP contribution is 2.34. The van der Waals surface area contributed by atoms with Crippen molar-refractivity contribution in [3.63, 3.8) is 0 Å². The van der Waals surface area contributed by atoms with Gasteiger partial charge in [0.2, 0.25) is 5.91 Å². The normalized spacial score (nSPS) is 16.4. The van der Waals surface area contributed by atoms with Gasteiger partial charge in [-0.05, 0) is 36.6 Å². The average Bonchev–Trinajstić information content (AvgIpc) is 3.41. The Bertz CT molecular complexity index is 1170. The van der Waals surface area contributed by atoms with Gasteiger partial charge in [0, 0.05) is 30.2 Å². The quantitative estimate of drug-likeness (QED) is 0.563. The Balaban J connectivity index is 1.72. The van der Waals surface area contributed by atoms with Gasteiger partial charge in [0.25, 0.3) is 0 Å². The van der Waals surface area contributed by atoms with Gasteiger partial charge < -0.3 is 15.6 Å². The van der Waals surface area contributed by atoms with Gasteiger partial charge in [0.05, 0.1) is 5.39 Å². The minimum atomic E-state index is -0.353. The molecule has 0 spiro atoms. The van der Waals surface area contributed by atoms with Crippen LogP contribution in [0.25, 0.3) is 33.7 Å². The standard InChI is InChI=1S/C22H20N6O/c23-19(29)18-7-4-12-28(18)22-16-13-17(14-5-2-1-3-6-14)25-21(16)26-20(27-22)15-8-10-24-11-9-15/h1-3,5-6,8-11,13,18H,4,7,12H2,(H2,23,29)(H,25,26,27). The zero-order chi connectivity index (χ0) is 19.8. The van der Waals surface area contributed by atoms with Crippen LogP contribution in [-0.4, -0.2) is 38.4 Å². The third kappa shape index (κ3) is 3.10. The van der Waals surface area contributed by atoms with Gasteiger partial charge in [-0.2, -0.15) is 0 Å². The highest BCUT2D eigenvalue weighted by Gasteiger charge is 2.32. The van der Waals surface area contributed by atoms with Crippen LogP contribution in [0.3, 0.4) is 0 Å². The van der Waals surface area contributed by atoms with Crippen molar-refractivity contribution in [2.75, 3.05) is 11.4 Å². The van der Waals surface area contributed by atoms with Crippen LogP contribution in [0.2, 0.25) is 0 Å². The number of nitrogens with zero attached hydrogens (tertiary/aromatic N) is 4. The molecule has 4 heterocycles. The van der Waals surface area contributed by atoms with E-state index in [1.165, 1.54) is 0 Å². The summed E-state index contributed by atoms with van der Waals surface area (Å²) >= 11 is 0. The number of primary amides is 1. The van der Waals surface area contributed by atoms with Gasteiger partial charge in [-0.15, -0.1) is 0 Å². The number of pyridine rings is 1. The molecule has 1 atom stereocenters. The van der Waals surface area contributed by atoms with Crippen molar-refractivity contribution in [1.82, 2.24) is 19.9 Å². The first-order valence-corrected chi connectivity index (χ1v) is 9.63. The highest BCUT2D eigenvalue weighted by molar-refractivity contribution is 5.95. The molecule has 1 aliphatic heterocycles. The van der Waals surface area contributed by atoms with Crippen LogP contribution in [0.4, 0.5) is 5.82 Å². The van der Waals surface area contributed by atoms with E-state index in [-0.39, 0.29) is 11.9 Å². The van der Waals surface area contributed by atoms with E-state index < -0.39 is 0 Å². The van der Waals surface area contributed by atoms with Crippen LogP contribution in [0.1, 0.15) is 12.8 Å². The summed E-state index contributed by atoms with van der Waals surface area (Å²) in [4.78, 5) is 31.1. The van der Waals surface area contributed by atoms with E-state index >= 15 is 0 Å². The van der Waals surface area contributed by atoms with E-state index in [1.807, 2.05) is 53.4 Å². The van der Waals surface area contributed by atoms with E-state index in [2.05, 4.69) is 9.97 Å². The van der Waals surface area contributed by atoms with E-state index in [0.29, 0.717) is 5.82 Å². The van der Waals surface area contributed by atoms with E-state index in [9.17, 15) is 4.79 Å². The summed E-state index contributed by atoms with van der Waals surface area (Å²) < 4.78 is 0. The van der Waals surface area contributed by atoms with Gasteiger partial charge in [0.15, 0.2) is 5.82 Å². The first kappa shape index (κ1) is 17.4. The monoisotopic (exact) mass is 384 g/mol. The van der Waals surface area contributed by atoms with Crippen LogP contribution < -0.4 is 10.6 Å². The largest absolute Gasteiger partial charge is 0.368 e. The van der Waals surface area contributed by atoms with Crippen LogP contribution in [-0.2, 0) is 4.79 Å². The van der Waals surface area contributed by atoms with Crippen LogP contribution >= 0.6 is 0 Å². The third-order valence-corrected chi connectivity index (χ3v) is 5.34. The fraction of sp³-hybridized carbons (Fsp3) is 0.182. The number of carbonyl (C=O) groups excluding carboxylic acids is 1. The molecule has 5 rings (SSSR count). The lowest BCUT2D eigenvalue weighted by atomic mass is 10.1. The van der Waals surface area contributed by atoms with E-state index in [4.69, 9.17) is 15.7 Å². The molecule has 29 heavy (non-hydrogen) atoms. The lowest BCUT2D eigenvalue weighted by molar-refractivity contribution is -0.119. The molecule has 1 aromatic carbocycles. The summed E-state index contributed by atoms with van der Waals surface area (Å²) in [6.07, 6.45) is 5.07. The number of carbonyl (C=O) groups is 1. The van der Waals surface area contributed by atoms with Gasteiger partial charge in [-0.1, -0.05) is 30.3 Å². The Morgan fingerprint density at radius 1 is 1.07 bits per heavy atom. The van der Waals surface area contributed by atoms with Gasteiger partial charge >= 0.3 is 0 Å². The van der Waals surface area contributed by atoms with Gasteiger partial charge in [0.1, 0.15) is 17.5 Å². The summed E-state index contributed by atoms with van der Waals surface area (Å²) in [5.74, 6) is 1.01. The number of rotatable bonds is 4. The maximum Gasteiger partial charge on any atom is 0.240 e. The van der Waals surface area contributed by atoms with Gasteiger partial charge in [-0.3, -0.25) is 9.78 Å². The Kier molecular flexibility index (Phi) is 4.20. The number of benzene rings is 1. The van der Waals surface area contributed by atoms with E-state index in [1.54, 1.807) is 12.4 Å². The number of amides is 1. The second-order valence-corrected chi connectivity index (χ2v) is 7.17. The van der Waals surface area contributed by atoms with Crippen molar-refractivity contribution in [2.45, 2.75) is 18.9 Å². The fourth-order valence-electron chi connectivity index (χ4n) is 3.93. The highest BCUT2D eigenvalue weighted by atomic mass is 16.1. The first-order chi connectivity index (χ1) is 14.2. The molecule has 1 saturated heterocycles. The maximum atomic E-state index is 12.0. The number of nitrogens with two attached hydrogens (primary N) is 1. The Labute approximate surface area is 167 Å². The number of hydrogen-bond acceptors (Lipinski definition) is 5. The number of aromatic nitrogens is 4. The molecule has 0 radical (unpaired) electrons. The van der Waals surface area contributed by atoms with Crippen molar-refractivity contribution >= 4 is 22.8 Å². The number of aromatic amines is 1. The number of nitrogens with one attached hydrogen (secondary N) is 1. The molecule has 7 nitrogen and oxygen atoms in total. The molecule has 7 heteroatoms. The molecule has 1 amide bonds. The molecule has 3 N–H and O–H groups in total. The zero-order valence-corrected chi connectivity index (χ0v) is 15.7. The Morgan fingerprint density at radius 3 is 2.62 bits per heavy atom. The number of H-pyrrole nitrogens is 1. The van der Waals surface area contributed by atoms with Crippen LogP contribution in [0.5, 0.6) is 0 Å². The minimum absolute atomic E-state index is 0.321. The summed E-state index contributed by atoms with van der Waals surface area (Å²) in [7, 11) is 0. The first-order valence-electron chi connectivity index (χ1n) is 9.63.